The van der Waals surface area contributed by atoms with E-state index in [2.05, 4.69) is 26.0 Å². The maximum Gasteiger partial charge on any atom is 0.295 e. The molecule has 0 fully saturated rings. The molecule has 0 saturated carbocycles. The summed E-state index contributed by atoms with van der Waals surface area (Å²) in [4.78, 5) is 2.02. The van der Waals surface area contributed by atoms with Gasteiger partial charge in [0, 0.05) is 9.38 Å². The van der Waals surface area contributed by atoms with Crippen LogP contribution in [0, 0.1) is 0 Å². The zero-order chi connectivity index (χ0) is 10.8. The average molecular weight is 278 g/mol. The molecule has 1 aromatic carbocycles. The molecule has 0 aliphatic heterocycles. The molecule has 0 aliphatic carbocycles. The molecule has 0 amide bonds. The molecule has 14 heavy (non-hydrogen) atoms. The molecule has 0 unspecified atom stereocenters. The first kappa shape index (κ1) is 11.0. The van der Waals surface area contributed by atoms with Gasteiger partial charge < -0.3 is 0 Å². The van der Waals surface area contributed by atoms with Crippen LogP contribution in [0.5, 0.6) is 0 Å². The van der Waals surface area contributed by atoms with Crippen molar-refractivity contribution >= 4 is 31.7 Å². The molecule has 6 nitrogen and oxygen atoms in total. The van der Waals surface area contributed by atoms with E-state index in [1.165, 1.54) is 12.1 Å². The largest absolute Gasteiger partial charge is 0.295 e. The van der Waals surface area contributed by atoms with Gasteiger partial charge in [-0.1, -0.05) is 27.1 Å². The summed E-state index contributed by atoms with van der Waals surface area (Å²) in [6.07, 6.45) is 0. The molecule has 0 aliphatic rings. The molecule has 1 N–H and O–H groups in total. The molecular formula is C6H4BrN3O3S. The van der Waals surface area contributed by atoms with Gasteiger partial charge >= 0.3 is 0 Å². The molecule has 0 heterocycles. The number of hydrogen-bond donors (Lipinski definition) is 1. The van der Waals surface area contributed by atoms with Crippen LogP contribution in [0.2, 0.25) is 0 Å². The van der Waals surface area contributed by atoms with Crippen LogP contribution in [0.3, 0.4) is 0 Å². The van der Waals surface area contributed by atoms with E-state index >= 15 is 0 Å². The number of azide groups is 1. The van der Waals surface area contributed by atoms with Gasteiger partial charge in [0.15, 0.2) is 0 Å². The van der Waals surface area contributed by atoms with Crippen LogP contribution in [0.15, 0.2) is 32.7 Å². The number of hydrogen-bond acceptors (Lipinski definition) is 3. The molecule has 0 aromatic heterocycles. The minimum atomic E-state index is -4.37. The average Bonchev–Trinajstić information content (AvgIpc) is 2.07. The van der Waals surface area contributed by atoms with Gasteiger partial charge in [0.1, 0.15) is 4.90 Å². The maximum atomic E-state index is 10.8. The summed E-state index contributed by atoms with van der Waals surface area (Å²) in [7, 11) is -4.37. The molecule has 1 rings (SSSR count). The Morgan fingerprint density at radius 3 is 2.64 bits per heavy atom. The van der Waals surface area contributed by atoms with E-state index < -0.39 is 15.0 Å². The van der Waals surface area contributed by atoms with Gasteiger partial charge in [0.05, 0.1) is 5.69 Å². The first-order valence-electron chi connectivity index (χ1n) is 3.27. The normalized spacial score (nSPS) is 10.7. The first-order chi connectivity index (χ1) is 6.45. The maximum absolute atomic E-state index is 10.8. The van der Waals surface area contributed by atoms with Crippen molar-refractivity contribution in [3.05, 3.63) is 33.1 Å². The highest BCUT2D eigenvalue weighted by Gasteiger charge is 2.14. The Kier molecular flexibility index (Phi) is 3.12. The second-order valence-electron chi connectivity index (χ2n) is 2.28. The van der Waals surface area contributed by atoms with Gasteiger partial charge in [-0.25, -0.2) is 0 Å². The Labute approximate surface area is 88.1 Å². The highest BCUT2D eigenvalue weighted by Crippen LogP contribution is 2.27. The van der Waals surface area contributed by atoms with Crippen molar-refractivity contribution in [1.82, 2.24) is 0 Å². The van der Waals surface area contributed by atoms with Gasteiger partial charge in [0.25, 0.3) is 10.1 Å². The molecule has 74 valence electrons. The number of halogens is 1. The smallest absolute Gasteiger partial charge is 0.282 e. The highest BCUT2D eigenvalue weighted by molar-refractivity contribution is 9.10. The molecule has 0 bridgehead atoms. The van der Waals surface area contributed by atoms with Crippen molar-refractivity contribution < 1.29 is 13.0 Å². The summed E-state index contributed by atoms with van der Waals surface area (Å²) >= 11 is 3.03. The summed E-state index contributed by atoms with van der Waals surface area (Å²) in [5.74, 6) is 0. The summed E-state index contributed by atoms with van der Waals surface area (Å²) in [6, 6.07) is 3.94. The van der Waals surface area contributed by atoms with Crippen molar-refractivity contribution in [2.24, 2.45) is 5.11 Å². The van der Waals surface area contributed by atoms with Crippen LogP contribution in [0.1, 0.15) is 0 Å². The monoisotopic (exact) mass is 277 g/mol. The van der Waals surface area contributed by atoms with Crippen molar-refractivity contribution in [2.45, 2.75) is 4.90 Å². The minimum Gasteiger partial charge on any atom is -0.282 e. The van der Waals surface area contributed by atoms with Gasteiger partial charge in [-0.3, -0.25) is 4.55 Å². The van der Waals surface area contributed by atoms with E-state index in [-0.39, 0.29) is 5.69 Å². The van der Waals surface area contributed by atoms with Gasteiger partial charge in [-0.2, -0.15) is 8.42 Å². The van der Waals surface area contributed by atoms with Crippen molar-refractivity contribution in [3.63, 3.8) is 0 Å². The van der Waals surface area contributed by atoms with E-state index in [9.17, 15) is 8.42 Å². The fraction of sp³-hybridized carbons (Fsp3) is 0. The lowest BCUT2D eigenvalue weighted by atomic mass is 10.3. The fourth-order valence-electron chi connectivity index (χ4n) is 0.825. The fourth-order valence-corrected chi connectivity index (χ4v) is 1.99. The van der Waals surface area contributed by atoms with Crippen LogP contribution in [0.4, 0.5) is 5.69 Å². The standard InChI is InChI=1S/C6H4BrN3O3S/c7-4-1-2-5(9-10-8)6(3-4)14(11,12)13/h1-3H,(H,11,12,13). The number of nitrogens with zero attached hydrogens (tertiary/aromatic N) is 3. The zero-order valence-electron chi connectivity index (χ0n) is 6.62. The van der Waals surface area contributed by atoms with Gasteiger partial charge in [-0.15, -0.1) is 0 Å². The molecule has 0 radical (unpaired) electrons. The van der Waals surface area contributed by atoms with Crippen LogP contribution in [-0.2, 0) is 10.1 Å². The zero-order valence-corrected chi connectivity index (χ0v) is 9.03. The van der Waals surface area contributed by atoms with Crippen molar-refractivity contribution in [1.29, 1.82) is 0 Å². The Morgan fingerprint density at radius 2 is 2.14 bits per heavy atom. The van der Waals surface area contributed by atoms with Crippen molar-refractivity contribution in [3.8, 4) is 0 Å². The van der Waals surface area contributed by atoms with E-state index in [4.69, 9.17) is 10.1 Å². The third-order valence-corrected chi connectivity index (χ3v) is 2.73. The highest BCUT2D eigenvalue weighted by atomic mass is 79.9. The third kappa shape index (κ3) is 2.46. The Morgan fingerprint density at radius 1 is 1.50 bits per heavy atom. The van der Waals surface area contributed by atoms with Crippen LogP contribution < -0.4 is 0 Å². The summed E-state index contributed by atoms with van der Waals surface area (Å²) in [5.41, 5.74) is 8.01. The van der Waals surface area contributed by atoms with E-state index in [0.717, 1.165) is 6.07 Å². The second kappa shape index (κ2) is 3.97. The molecule has 0 spiro atoms. The quantitative estimate of drug-likeness (QED) is 0.389. The summed E-state index contributed by atoms with van der Waals surface area (Å²) in [5, 5.41) is 3.13. The molecule has 0 saturated heterocycles. The van der Waals surface area contributed by atoms with Crippen LogP contribution in [0.25, 0.3) is 10.4 Å². The van der Waals surface area contributed by atoms with Crippen molar-refractivity contribution in [2.75, 3.05) is 0 Å². The SMILES string of the molecule is [N-]=[N+]=Nc1ccc(Br)cc1S(=O)(=O)O. The lowest BCUT2D eigenvalue weighted by Crippen LogP contribution is -1.98. The molecule has 8 heteroatoms. The molecular weight excluding hydrogens is 274 g/mol. The van der Waals surface area contributed by atoms with Crippen LogP contribution in [-0.4, -0.2) is 13.0 Å². The predicted molar refractivity (Wildman–Crippen MR) is 52.8 cm³/mol. The summed E-state index contributed by atoms with van der Waals surface area (Å²) in [6.45, 7) is 0. The Bertz CT molecular complexity index is 507. The van der Waals surface area contributed by atoms with Gasteiger partial charge in [-0.05, 0) is 17.7 Å². The molecule has 1 aromatic rings. The first-order valence-corrected chi connectivity index (χ1v) is 5.50. The summed E-state index contributed by atoms with van der Waals surface area (Å²) < 4.78 is 30.9. The second-order valence-corrected chi connectivity index (χ2v) is 4.58. The number of rotatable bonds is 2. The third-order valence-electron chi connectivity index (χ3n) is 1.35. The topological polar surface area (TPSA) is 103 Å². The van der Waals surface area contributed by atoms with E-state index in [1.54, 1.807) is 0 Å². The van der Waals surface area contributed by atoms with E-state index in [1.807, 2.05) is 0 Å². The Balaban J connectivity index is 3.53. The Hall–Kier alpha value is -1.08. The van der Waals surface area contributed by atoms with E-state index in [0.29, 0.717) is 4.47 Å². The molecule has 0 atom stereocenters. The van der Waals surface area contributed by atoms with Gasteiger partial charge in [0.2, 0.25) is 0 Å². The van der Waals surface area contributed by atoms with Crippen LogP contribution >= 0.6 is 15.9 Å². The predicted octanol–water partition coefficient (Wildman–Crippen LogP) is 2.64. The lowest BCUT2D eigenvalue weighted by Gasteiger charge is -2.01. The number of benzene rings is 1. The lowest BCUT2D eigenvalue weighted by molar-refractivity contribution is 0.483. The minimum absolute atomic E-state index is 0.141.